The van der Waals surface area contributed by atoms with Crippen LogP contribution in [-0.4, -0.2) is 260 Å². The summed E-state index contributed by atoms with van der Waals surface area (Å²) in [6.45, 7) is 0.0516. The topological polar surface area (TPSA) is 740 Å². The van der Waals surface area contributed by atoms with Crippen LogP contribution in [-0.2, 0) is 109 Å². The number of fused-ring (bicyclic) bond motifs is 1. The summed E-state index contributed by atoms with van der Waals surface area (Å²) in [4.78, 5) is 280. The molecule has 1 aliphatic heterocycles. The highest BCUT2D eigenvalue weighted by Crippen LogP contribution is 2.22. The number of esters is 1. The molecule has 1 unspecified atom stereocenters. The molecule has 688 valence electrons. The molecule has 45 nitrogen and oxygen atoms in total. The summed E-state index contributed by atoms with van der Waals surface area (Å²) in [6, 6.07) is -4.90. The molecule has 4 aromatic rings. The van der Waals surface area contributed by atoms with Crippen molar-refractivity contribution in [3.8, 4) is 0 Å². The van der Waals surface area contributed by atoms with E-state index < -0.39 is 274 Å². The first-order valence-electron chi connectivity index (χ1n) is 40.8. The lowest BCUT2D eigenvalue weighted by molar-refractivity contribution is -0.156. The second kappa shape index (κ2) is 52.0. The van der Waals surface area contributed by atoms with Gasteiger partial charge in [0.25, 0.3) is 0 Å². The van der Waals surface area contributed by atoms with E-state index in [1.165, 1.54) is 24.3 Å². The molecule has 15 amide bonds. The fourth-order valence-corrected chi connectivity index (χ4v) is 13.1. The predicted molar refractivity (Wildman–Crippen MR) is 446 cm³/mol. The number of anilines is 2. The van der Waals surface area contributed by atoms with E-state index in [1.54, 1.807) is 54.7 Å². The maximum Gasteiger partial charge on any atom is 0.329 e. The molecule has 2 heterocycles. The number of ketones is 1. The molecular formula is C81H113N19O26. The molecule has 126 heavy (non-hydrogen) atoms. The zero-order valence-electron chi connectivity index (χ0n) is 70.0. The summed E-state index contributed by atoms with van der Waals surface area (Å²) in [5.74, 6) is -28.2. The van der Waals surface area contributed by atoms with Gasteiger partial charge in [0.05, 0.1) is 51.4 Å². The number of amides is 15. The van der Waals surface area contributed by atoms with E-state index in [0.717, 1.165) is 52.9 Å². The van der Waals surface area contributed by atoms with Crippen LogP contribution in [0.5, 0.6) is 0 Å². The number of aliphatic hydroxyl groups excluding tert-OH is 2. The van der Waals surface area contributed by atoms with Crippen molar-refractivity contribution in [2.75, 3.05) is 44.3 Å². The van der Waals surface area contributed by atoms with Crippen molar-refractivity contribution in [3.63, 3.8) is 0 Å². The number of nitrogens with two attached hydrogens (primary N) is 4. The first kappa shape index (κ1) is 103. The van der Waals surface area contributed by atoms with Gasteiger partial charge < -0.3 is 133 Å². The Bertz CT molecular complexity index is 4550. The third kappa shape index (κ3) is 34.9. The van der Waals surface area contributed by atoms with E-state index in [2.05, 4.69) is 70.4 Å². The second-order valence-corrected chi connectivity index (χ2v) is 30.2. The lowest BCUT2D eigenvalue weighted by Crippen LogP contribution is -2.61. The molecule has 0 spiro atoms. The van der Waals surface area contributed by atoms with E-state index in [4.69, 9.17) is 27.7 Å². The molecule has 1 fully saturated rings. The maximum absolute atomic E-state index is 15.0. The Labute approximate surface area is 722 Å². The van der Waals surface area contributed by atoms with Crippen LogP contribution in [0, 0.1) is 5.92 Å². The SMILES string of the molecule is CCCCCCCCCC(=O)N[C@@H](Cc1c[nH]c2ccccc12)C(=O)N[C@@H](CC(N)=O)C(=O)N[C@@H](CCO)C(=O)N[C@@H]1C(=O)NCC(=O)N[C@@H](CCCNC(=O)C(N)Cc2ccc(N)cc2)C(=O)N[C@@H](CC(=O)O)C(=O)N[C@H](C)C(=O)N[C@@H](CC(=O)O)C(=O)NCC(=O)N[C@H](CO)C(=O)N[C@@H]([C@H](C)CC(=O)O)C(=O)N[C@@H](CC(=O)c2ccccc2N)C(=O)O[C@@H]1C. The van der Waals surface area contributed by atoms with Crippen molar-refractivity contribution in [2.45, 2.75) is 222 Å². The van der Waals surface area contributed by atoms with Gasteiger partial charge in [0, 0.05) is 66.5 Å². The monoisotopic (exact) mass is 1770 g/mol. The number of hydrogen-bond acceptors (Lipinski definition) is 26. The number of Topliss-reactive ketones (excluding diaryl/α,β-unsaturated/α-hetero) is 1. The van der Waals surface area contributed by atoms with Crippen LogP contribution in [0.4, 0.5) is 11.4 Å². The van der Waals surface area contributed by atoms with Crippen LogP contribution in [0.1, 0.15) is 152 Å². The Balaban J connectivity index is 1.62. The summed E-state index contributed by atoms with van der Waals surface area (Å²) in [5, 5.41) is 82.6. The van der Waals surface area contributed by atoms with Gasteiger partial charge in [-0.25, -0.2) is 4.79 Å². The number of aromatic amines is 1. The van der Waals surface area contributed by atoms with Crippen LogP contribution in [0.3, 0.4) is 0 Å². The summed E-state index contributed by atoms with van der Waals surface area (Å²) in [6.07, 6.45) is -1.78. The summed E-state index contributed by atoms with van der Waals surface area (Å²) < 4.78 is 5.77. The molecule has 14 atom stereocenters. The maximum atomic E-state index is 15.0. The largest absolute Gasteiger partial charge is 0.481 e. The number of rotatable bonds is 39. The summed E-state index contributed by atoms with van der Waals surface area (Å²) in [7, 11) is 0. The van der Waals surface area contributed by atoms with Crippen LogP contribution < -0.4 is 97.4 Å². The van der Waals surface area contributed by atoms with Crippen LogP contribution in [0.15, 0.2) is 79.0 Å². The van der Waals surface area contributed by atoms with Gasteiger partial charge in [-0.3, -0.25) is 91.1 Å². The number of aliphatic hydroxyl groups is 2. The highest BCUT2D eigenvalue weighted by Gasteiger charge is 2.41. The predicted octanol–water partition coefficient (Wildman–Crippen LogP) is -5.40. The first-order valence-corrected chi connectivity index (χ1v) is 40.8. The molecule has 3 aromatic carbocycles. The molecule has 1 saturated heterocycles. The number of primary amides is 1. The molecule has 28 N–H and O–H groups in total. The van der Waals surface area contributed by atoms with Gasteiger partial charge >= 0.3 is 23.9 Å². The van der Waals surface area contributed by atoms with Crippen molar-refractivity contribution < 1.29 is 126 Å². The lowest BCUT2D eigenvalue weighted by atomic mass is 9.96. The highest BCUT2D eigenvalue weighted by atomic mass is 16.5. The molecule has 0 saturated carbocycles. The van der Waals surface area contributed by atoms with Crippen LogP contribution in [0.25, 0.3) is 10.9 Å². The number of nitrogens with one attached hydrogen (secondary N) is 15. The number of carboxylic acid groups (broad SMARTS) is 3. The first-order chi connectivity index (χ1) is 59.7. The summed E-state index contributed by atoms with van der Waals surface area (Å²) in [5.41, 5.74) is 25.6. The van der Waals surface area contributed by atoms with E-state index >= 15 is 0 Å². The van der Waals surface area contributed by atoms with Gasteiger partial charge in [0.1, 0.15) is 72.6 Å². The minimum atomic E-state index is -2.39. The third-order valence-corrected chi connectivity index (χ3v) is 19.9. The number of carboxylic acids is 3. The molecule has 0 bridgehead atoms. The zero-order chi connectivity index (χ0) is 93.4. The van der Waals surface area contributed by atoms with Crippen molar-refractivity contribution in [2.24, 2.45) is 17.4 Å². The van der Waals surface area contributed by atoms with Crippen molar-refractivity contribution in [3.05, 3.63) is 95.7 Å². The van der Waals surface area contributed by atoms with Crippen LogP contribution >= 0.6 is 0 Å². The molecule has 5 rings (SSSR count). The normalized spacial score (nSPS) is 20.6. The van der Waals surface area contributed by atoms with E-state index in [0.29, 0.717) is 40.6 Å². The van der Waals surface area contributed by atoms with Crippen molar-refractivity contribution in [1.29, 1.82) is 0 Å². The number of carbonyl (C=O) groups is 20. The van der Waals surface area contributed by atoms with Gasteiger partial charge in [-0.05, 0) is 93.3 Å². The minimum Gasteiger partial charge on any atom is -0.481 e. The summed E-state index contributed by atoms with van der Waals surface area (Å²) >= 11 is 0. The minimum absolute atomic E-state index is 0.0000622. The van der Waals surface area contributed by atoms with Crippen molar-refractivity contribution >= 4 is 141 Å². The average Bonchev–Trinajstić information content (AvgIpc) is 1.65. The van der Waals surface area contributed by atoms with E-state index in [9.17, 15) is 121 Å². The Morgan fingerprint density at radius 3 is 1.75 bits per heavy atom. The van der Waals surface area contributed by atoms with Gasteiger partial charge in [-0.15, -0.1) is 0 Å². The number of ether oxygens (including phenoxy) is 1. The van der Waals surface area contributed by atoms with Gasteiger partial charge in [-0.1, -0.05) is 94.8 Å². The number of unbranched alkanes of at least 4 members (excludes halogenated alkanes) is 6. The van der Waals surface area contributed by atoms with Gasteiger partial charge in [0.2, 0.25) is 88.6 Å². The van der Waals surface area contributed by atoms with E-state index in [-0.39, 0.29) is 43.5 Å². The number of cyclic esters (lactones) is 1. The molecule has 1 aliphatic rings. The molecule has 45 heteroatoms. The zero-order valence-corrected chi connectivity index (χ0v) is 70.0. The van der Waals surface area contributed by atoms with Gasteiger partial charge in [-0.2, -0.15) is 0 Å². The number of aliphatic carboxylic acids is 3. The third-order valence-electron chi connectivity index (χ3n) is 19.9. The Morgan fingerprint density at radius 2 is 1.12 bits per heavy atom. The standard InChI is InChI=1S/C81H113N19O26/c1-5-6-7-8-9-10-11-22-62(105)92-54(32-45-37-87-51-20-15-13-17-47(45)51)76(120)96-55(34-61(85)104)77(121)94-53(27-29-101)74(118)100-69-43(4)126-81(125)58(33-60(103)48-18-12-14-19-49(48)83)98-80(124)68(41(2)30-65(108)109)99-78(122)59(40-102)93-64(107)38-88-72(116)56(35-66(110)111)95-70(114)42(3)90-75(119)57(36-67(112)113)97-73(117)52(91-63(106)39-89-79(69)123)21-16-28-86-71(115)50(84)31-44-23-25-46(82)26-24-44/h12-15,17-20,23-26,37,41-43,50,52-59,68-69,87,101-102H,5-11,16,21-22,27-36,38-40,82-84H2,1-4H3,(H2,85,104)(H,86,115)(H,88,116)(H,89,123)(H,90,119)(H,91,106)(H,92,105)(H,93,107)(H,94,121)(H,95,114)(H,96,120)(H,97,117)(H,98,124)(H,99,122)(H,100,118)(H,108,109)(H,110,111)(H,112,113)/t41-,42-,43-,50?,52+,53+,54+,55+,56+,57+,58+,59-,68+,69+/m1/s1. The fourth-order valence-electron chi connectivity index (χ4n) is 13.1. The van der Waals surface area contributed by atoms with E-state index in [1.807, 2.05) is 16.0 Å². The number of aromatic nitrogens is 1. The molecular weight excluding hydrogens is 1650 g/mol. The number of H-pyrrole nitrogens is 1. The number of benzene rings is 3. The quantitative estimate of drug-likeness (QED) is 0.00858. The van der Waals surface area contributed by atoms with Gasteiger partial charge in [0.15, 0.2) is 5.78 Å². The highest BCUT2D eigenvalue weighted by molar-refractivity contribution is 6.05. The smallest absolute Gasteiger partial charge is 0.329 e. The number of hydrogen-bond donors (Lipinski definition) is 24. The molecule has 1 aromatic heterocycles. The Kier molecular flexibility index (Phi) is 42.5. The number of para-hydroxylation sites is 2. The lowest BCUT2D eigenvalue weighted by Gasteiger charge is -2.30. The Morgan fingerprint density at radius 1 is 0.548 bits per heavy atom. The Hall–Kier alpha value is -13.7. The number of nitrogen functional groups attached to an aromatic ring is 2. The fraction of sp³-hybridized carbons (Fsp3) is 0.506. The molecule has 0 radical (unpaired) electrons. The number of carbonyl (C=O) groups excluding carboxylic acids is 17. The average molecular weight is 1770 g/mol. The van der Waals surface area contributed by atoms with Crippen molar-refractivity contribution in [1.82, 2.24) is 79.4 Å². The molecule has 0 aliphatic carbocycles. The van der Waals surface area contributed by atoms with Crippen LogP contribution in [0.2, 0.25) is 0 Å². The second-order valence-electron chi connectivity index (χ2n) is 30.2.